The first-order valence-electron chi connectivity index (χ1n) is 8.70. The van der Waals surface area contributed by atoms with Crippen molar-refractivity contribution in [1.82, 2.24) is 9.80 Å². The molecular weight excluding hydrogens is 304 g/mol. The Bertz CT molecular complexity index is 623. The quantitative estimate of drug-likeness (QED) is 0.829. The number of nitrogens with zero attached hydrogens (tertiary/aromatic N) is 2. The minimum atomic E-state index is -0.183. The fraction of sp³-hybridized carbons (Fsp3) is 0.579. The number of likely N-dealkylation sites (tertiary alicyclic amines) is 2. The summed E-state index contributed by atoms with van der Waals surface area (Å²) in [6.45, 7) is 8.47. The van der Waals surface area contributed by atoms with E-state index in [0.717, 1.165) is 0 Å². The van der Waals surface area contributed by atoms with Crippen LogP contribution in [-0.4, -0.2) is 53.4 Å². The fourth-order valence-corrected chi connectivity index (χ4v) is 3.36. The van der Waals surface area contributed by atoms with Crippen molar-refractivity contribution in [3.8, 4) is 0 Å². The Labute approximate surface area is 143 Å². The van der Waals surface area contributed by atoms with Gasteiger partial charge in [-0.15, -0.1) is 0 Å². The molecule has 5 heteroatoms. The predicted molar refractivity (Wildman–Crippen MR) is 91.3 cm³/mol. The molecule has 24 heavy (non-hydrogen) atoms. The zero-order chi connectivity index (χ0) is 17.3. The van der Waals surface area contributed by atoms with Gasteiger partial charge in [0.2, 0.25) is 11.8 Å². The molecule has 0 radical (unpaired) electrons. The van der Waals surface area contributed by atoms with E-state index in [1.807, 2.05) is 30.9 Å². The van der Waals surface area contributed by atoms with Crippen molar-refractivity contribution >= 4 is 11.8 Å². The van der Waals surface area contributed by atoms with E-state index in [2.05, 4.69) is 19.1 Å². The van der Waals surface area contributed by atoms with Gasteiger partial charge in [-0.3, -0.25) is 9.59 Å². The van der Waals surface area contributed by atoms with Gasteiger partial charge in [-0.2, -0.15) is 0 Å². The van der Waals surface area contributed by atoms with Gasteiger partial charge in [0.1, 0.15) is 0 Å². The fourth-order valence-electron chi connectivity index (χ4n) is 3.36. The number of ether oxygens (including phenoxy) is 1. The summed E-state index contributed by atoms with van der Waals surface area (Å²) in [6.07, 6.45) is 0.453. The second-order valence-corrected chi connectivity index (χ2v) is 7.14. The Morgan fingerprint density at radius 3 is 2.58 bits per heavy atom. The summed E-state index contributed by atoms with van der Waals surface area (Å²) in [7, 11) is 0. The maximum atomic E-state index is 12.5. The molecule has 3 rings (SSSR count). The van der Waals surface area contributed by atoms with Gasteiger partial charge in [0.25, 0.3) is 0 Å². The molecule has 2 aliphatic heterocycles. The first kappa shape index (κ1) is 17.0. The number of benzene rings is 1. The smallest absolute Gasteiger partial charge is 0.228 e. The Kier molecular flexibility index (Phi) is 4.90. The van der Waals surface area contributed by atoms with Gasteiger partial charge in [-0.1, -0.05) is 24.3 Å². The highest BCUT2D eigenvalue weighted by atomic mass is 16.5. The number of rotatable bonds is 5. The van der Waals surface area contributed by atoms with Gasteiger partial charge in [0, 0.05) is 32.1 Å². The Morgan fingerprint density at radius 2 is 1.96 bits per heavy atom. The normalized spacial score (nSPS) is 21.5. The molecule has 0 saturated carbocycles. The number of amides is 2. The first-order valence-corrected chi connectivity index (χ1v) is 8.70. The van der Waals surface area contributed by atoms with Crippen LogP contribution in [0.2, 0.25) is 0 Å². The predicted octanol–water partition coefficient (Wildman–Crippen LogP) is 1.98. The van der Waals surface area contributed by atoms with Gasteiger partial charge in [0.05, 0.1) is 18.6 Å². The van der Waals surface area contributed by atoms with E-state index in [1.165, 1.54) is 11.1 Å². The summed E-state index contributed by atoms with van der Waals surface area (Å²) in [5.74, 6) is 0.00989. The third kappa shape index (κ3) is 3.46. The molecule has 0 N–H and O–H groups in total. The lowest BCUT2D eigenvalue weighted by Crippen LogP contribution is -2.56. The van der Waals surface area contributed by atoms with E-state index in [1.54, 1.807) is 4.90 Å². The molecule has 0 aromatic heterocycles. The molecule has 0 unspecified atom stereocenters. The molecule has 2 aliphatic rings. The maximum absolute atomic E-state index is 12.5. The van der Waals surface area contributed by atoms with Crippen molar-refractivity contribution in [3.63, 3.8) is 0 Å². The second kappa shape index (κ2) is 6.93. The summed E-state index contributed by atoms with van der Waals surface area (Å²) in [5.41, 5.74) is 2.42. The number of aryl methyl sites for hydroxylation is 1. The van der Waals surface area contributed by atoms with Crippen LogP contribution >= 0.6 is 0 Å². The molecule has 1 aromatic carbocycles. The molecule has 1 aromatic rings. The largest absolute Gasteiger partial charge is 0.370 e. The van der Waals surface area contributed by atoms with Gasteiger partial charge < -0.3 is 14.5 Å². The number of carbonyl (C=O) groups is 2. The molecule has 2 saturated heterocycles. The standard InChI is InChI=1S/C19H26N2O3/c1-13(2)21-9-16(8-18(21)22)19(23)20-10-17(11-20)24-12-15-7-5-4-6-14(15)3/h4-7,13,16-17H,8-12H2,1-3H3/t16-/m0/s1. The Hall–Kier alpha value is -1.88. The number of hydrogen-bond acceptors (Lipinski definition) is 3. The van der Waals surface area contributed by atoms with Crippen LogP contribution in [0.15, 0.2) is 24.3 Å². The average molecular weight is 330 g/mol. The molecule has 0 spiro atoms. The summed E-state index contributed by atoms with van der Waals surface area (Å²) in [5, 5.41) is 0. The molecule has 2 fully saturated rings. The highest BCUT2D eigenvalue weighted by Crippen LogP contribution is 2.25. The van der Waals surface area contributed by atoms with Crippen molar-refractivity contribution < 1.29 is 14.3 Å². The lowest BCUT2D eigenvalue weighted by molar-refractivity contribution is -0.150. The van der Waals surface area contributed by atoms with E-state index in [9.17, 15) is 9.59 Å². The Balaban J connectivity index is 1.44. The summed E-state index contributed by atoms with van der Waals surface area (Å²) in [4.78, 5) is 28.1. The van der Waals surface area contributed by atoms with Crippen LogP contribution in [0, 0.1) is 12.8 Å². The van der Waals surface area contributed by atoms with Crippen molar-refractivity contribution in [2.45, 2.75) is 45.9 Å². The van der Waals surface area contributed by atoms with Crippen LogP contribution in [0.25, 0.3) is 0 Å². The maximum Gasteiger partial charge on any atom is 0.228 e. The zero-order valence-electron chi connectivity index (χ0n) is 14.7. The minimum absolute atomic E-state index is 0.0937. The van der Waals surface area contributed by atoms with Crippen LogP contribution in [0.4, 0.5) is 0 Å². The molecule has 2 amide bonds. The second-order valence-electron chi connectivity index (χ2n) is 7.14. The number of hydrogen-bond donors (Lipinski definition) is 0. The van der Waals surface area contributed by atoms with Gasteiger partial charge >= 0.3 is 0 Å². The summed E-state index contributed by atoms with van der Waals surface area (Å²) < 4.78 is 5.90. The number of carbonyl (C=O) groups excluding carboxylic acids is 2. The Morgan fingerprint density at radius 1 is 1.25 bits per heavy atom. The molecular formula is C19H26N2O3. The highest BCUT2D eigenvalue weighted by Gasteiger charge is 2.41. The lowest BCUT2D eigenvalue weighted by atomic mass is 10.0. The molecule has 2 heterocycles. The van der Waals surface area contributed by atoms with E-state index in [-0.39, 0.29) is 29.9 Å². The van der Waals surface area contributed by atoms with Crippen molar-refractivity contribution in [2.75, 3.05) is 19.6 Å². The summed E-state index contributed by atoms with van der Waals surface area (Å²) >= 11 is 0. The topological polar surface area (TPSA) is 49.9 Å². The van der Waals surface area contributed by atoms with Gasteiger partial charge in [0.15, 0.2) is 0 Å². The summed E-state index contributed by atoms with van der Waals surface area (Å²) in [6, 6.07) is 8.34. The first-order chi connectivity index (χ1) is 11.5. The molecule has 0 bridgehead atoms. The van der Waals surface area contributed by atoms with Crippen LogP contribution in [0.1, 0.15) is 31.4 Å². The third-order valence-corrected chi connectivity index (χ3v) is 5.03. The molecule has 130 valence electrons. The van der Waals surface area contributed by atoms with Crippen LogP contribution in [-0.2, 0) is 20.9 Å². The van der Waals surface area contributed by atoms with Crippen molar-refractivity contribution in [1.29, 1.82) is 0 Å². The van der Waals surface area contributed by atoms with Crippen LogP contribution in [0.3, 0.4) is 0 Å². The van der Waals surface area contributed by atoms with Crippen LogP contribution in [0.5, 0.6) is 0 Å². The van der Waals surface area contributed by atoms with Crippen LogP contribution < -0.4 is 0 Å². The highest BCUT2D eigenvalue weighted by molar-refractivity contribution is 5.89. The monoisotopic (exact) mass is 330 g/mol. The molecule has 0 aliphatic carbocycles. The van der Waals surface area contributed by atoms with Crippen molar-refractivity contribution in [3.05, 3.63) is 35.4 Å². The van der Waals surface area contributed by atoms with Crippen molar-refractivity contribution in [2.24, 2.45) is 5.92 Å². The molecule has 5 nitrogen and oxygen atoms in total. The molecule has 1 atom stereocenters. The average Bonchev–Trinajstić information content (AvgIpc) is 2.89. The van der Waals surface area contributed by atoms with Gasteiger partial charge in [-0.05, 0) is 31.9 Å². The van der Waals surface area contributed by atoms with Gasteiger partial charge in [-0.25, -0.2) is 0 Å². The SMILES string of the molecule is Cc1ccccc1COC1CN(C(=O)[C@H]2CC(=O)N(C(C)C)C2)C1. The van der Waals surface area contributed by atoms with E-state index in [0.29, 0.717) is 32.7 Å². The third-order valence-electron chi connectivity index (χ3n) is 5.03. The zero-order valence-corrected chi connectivity index (χ0v) is 14.7. The minimum Gasteiger partial charge on any atom is -0.370 e. The lowest BCUT2D eigenvalue weighted by Gasteiger charge is -2.40. The van der Waals surface area contributed by atoms with E-state index < -0.39 is 0 Å². The van der Waals surface area contributed by atoms with E-state index >= 15 is 0 Å². The van der Waals surface area contributed by atoms with E-state index in [4.69, 9.17) is 4.74 Å².